The Hall–Kier alpha value is -4.17. The number of benzene rings is 1. The number of nitriles is 1. The number of hydrogen-bond donors (Lipinski definition) is 0. The smallest absolute Gasteiger partial charge is 0.349 e. The van der Waals surface area contributed by atoms with Crippen LogP contribution in [0.25, 0.3) is 11.0 Å². The van der Waals surface area contributed by atoms with Gasteiger partial charge in [-0.3, -0.25) is 9.47 Å². The van der Waals surface area contributed by atoms with Crippen LogP contribution < -0.4 is 10.6 Å². The molecule has 4 aromatic rings. The van der Waals surface area contributed by atoms with Crippen molar-refractivity contribution in [3.8, 4) is 6.07 Å². The lowest BCUT2D eigenvalue weighted by atomic mass is 9.96. The number of nitrogens with zero attached hydrogens (tertiary/aromatic N) is 8. The zero-order chi connectivity index (χ0) is 28.0. The van der Waals surface area contributed by atoms with E-state index in [4.69, 9.17) is 9.51 Å². The molecule has 0 spiro atoms. The average molecular weight is 543 g/mol. The maximum Gasteiger partial charge on any atom is 0.349 e. The van der Waals surface area contributed by atoms with Gasteiger partial charge in [0.25, 0.3) is 0 Å². The fraction of sp³-hybridized carbons (Fsp3) is 0.448. The van der Waals surface area contributed by atoms with Gasteiger partial charge in [0.15, 0.2) is 11.6 Å². The number of aromatic nitrogens is 5. The summed E-state index contributed by atoms with van der Waals surface area (Å²) < 4.78 is 21.2. The van der Waals surface area contributed by atoms with Crippen molar-refractivity contribution in [1.29, 1.82) is 5.26 Å². The zero-order valence-electron chi connectivity index (χ0n) is 22.8. The van der Waals surface area contributed by atoms with E-state index in [1.165, 1.54) is 16.7 Å². The molecule has 1 aliphatic carbocycles. The first-order chi connectivity index (χ1) is 19.4. The van der Waals surface area contributed by atoms with Gasteiger partial charge in [-0.2, -0.15) is 15.2 Å². The first-order valence-corrected chi connectivity index (χ1v) is 13.8. The zero-order valence-corrected chi connectivity index (χ0v) is 22.8. The number of aryl methyl sites for hydroxylation is 1. The summed E-state index contributed by atoms with van der Waals surface area (Å²) in [7, 11) is 1.66. The van der Waals surface area contributed by atoms with Crippen LogP contribution in [0.15, 0.2) is 45.7 Å². The van der Waals surface area contributed by atoms with Gasteiger partial charge in [0.05, 0.1) is 5.52 Å². The molecule has 3 atom stereocenters. The second-order valence-corrected chi connectivity index (χ2v) is 10.6. The Kier molecular flexibility index (Phi) is 6.80. The fourth-order valence-electron chi connectivity index (χ4n) is 5.72. The minimum absolute atomic E-state index is 0.0214. The lowest BCUT2D eigenvalue weighted by molar-refractivity contribution is 0.0930. The van der Waals surface area contributed by atoms with Crippen LogP contribution in [0.2, 0.25) is 0 Å². The van der Waals surface area contributed by atoms with Crippen LogP contribution in [0.5, 0.6) is 0 Å². The van der Waals surface area contributed by atoms with E-state index in [2.05, 4.69) is 44.8 Å². The van der Waals surface area contributed by atoms with Gasteiger partial charge in [-0.05, 0) is 55.5 Å². The Balaban J connectivity index is 1.43. The van der Waals surface area contributed by atoms with Gasteiger partial charge in [-0.25, -0.2) is 14.2 Å². The Morgan fingerprint density at radius 2 is 1.80 bits per heavy atom. The predicted octanol–water partition coefficient (Wildman–Crippen LogP) is 4.07. The third-order valence-corrected chi connectivity index (χ3v) is 8.15. The van der Waals surface area contributed by atoms with E-state index >= 15 is 0 Å². The molecule has 0 amide bonds. The highest BCUT2D eigenvalue weighted by Gasteiger charge is 2.41. The van der Waals surface area contributed by atoms with E-state index in [1.54, 1.807) is 31.3 Å². The number of halogens is 1. The van der Waals surface area contributed by atoms with Crippen LogP contribution in [0.4, 0.5) is 10.2 Å². The Labute approximate surface area is 231 Å². The fourth-order valence-corrected chi connectivity index (χ4v) is 5.72. The number of hydrogen-bond acceptors (Lipinski definition) is 9. The lowest BCUT2D eigenvalue weighted by Crippen LogP contribution is -2.59. The maximum absolute atomic E-state index is 13.9. The molecular formula is C29H31FN8O2. The number of piperazine rings is 1. The number of rotatable bonds is 7. The van der Waals surface area contributed by atoms with Crippen LogP contribution in [-0.2, 0) is 7.05 Å². The minimum Gasteiger partial charge on any atom is -0.349 e. The molecule has 1 unspecified atom stereocenters. The monoisotopic (exact) mass is 542 g/mol. The third-order valence-electron chi connectivity index (χ3n) is 8.15. The molecule has 2 aliphatic rings. The molecule has 4 heterocycles. The van der Waals surface area contributed by atoms with Gasteiger partial charge in [0, 0.05) is 38.1 Å². The highest BCUT2D eigenvalue weighted by molar-refractivity contribution is 5.86. The first kappa shape index (κ1) is 26.1. The van der Waals surface area contributed by atoms with Crippen molar-refractivity contribution < 1.29 is 8.91 Å². The van der Waals surface area contributed by atoms with E-state index in [-0.39, 0.29) is 35.3 Å². The van der Waals surface area contributed by atoms with Crippen LogP contribution in [0, 0.1) is 17.1 Å². The largest absolute Gasteiger partial charge is 0.349 e. The number of fused-ring (bicyclic) bond motifs is 1. The molecule has 10 nitrogen and oxygen atoms in total. The van der Waals surface area contributed by atoms with E-state index in [0.717, 1.165) is 37.1 Å². The van der Waals surface area contributed by atoms with Crippen molar-refractivity contribution in [3.05, 3.63) is 75.7 Å². The van der Waals surface area contributed by atoms with Crippen molar-refractivity contribution in [3.63, 3.8) is 0 Å². The summed E-state index contributed by atoms with van der Waals surface area (Å²) in [5, 5.41) is 13.8. The Morgan fingerprint density at radius 3 is 2.48 bits per heavy atom. The molecule has 6 rings (SSSR count). The number of anilines is 1. The van der Waals surface area contributed by atoms with E-state index in [0.29, 0.717) is 41.7 Å². The molecule has 2 fully saturated rings. The van der Waals surface area contributed by atoms with Gasteiger partial charge in [0.1, 0.15) is 29.1 Å². The first-order valence-electron chi connectivity index (χ1n) is 13.8. The SMILES string of the molecule is CC[C@H]1CN(C(c2ccc(F)cc2)c2nc(C3CC3)no2)[C@H](CC)CN1c1nc(=O)n(C)c2ccc(C#N)nc12. The summed E-state index contributed by atoms with van der Waals surface area (Å²) >= 11 is 0. The molecule has 1 saturated carbocycles. The normalized spacial score (nSPS) is 20.5. The lowest BCUT2D eigenvalue weighted by Gasteiger charge is -2.48. The number of pyridine rings is 1. The van der Waals surface area contributed by atoms with Crippen LogP contribution in [-0.4, -0.2) is 54.7 Å². The standard InChI is InChI=1S/C29H31FN8O2/c1-4-21-16-38(27-24-23(36(3)29(39)34-27)13-12-20(14-31)32-24)22(5-2)15-37(21)25(17-8-10-19(30)11-9-17)28-33-26(35-40-28)18-6-7-18/h8-13,18,21-22,25H,4-7,15-16H2,1-3H3/t21-,22+,25?/m1/s1. The maximum atomic E-state index is 13.9. The Bertz CT molecular complexity index is 1640. The molecule has 1 aromatic carbocycles. The van der Waals surface area contributed by atoms with Crippen molar-refractivity contribution >= 4 is 16.9 Å². The molecule has 0 bridgehead atoms. The van der Waals surface area contributed by atoms with E-state index < -0.39 is 0 Å². The summed E-state index contributed by atoms with van der Waals surface area (Å²) in [5.41, 5.74) is 1.94. The molecule has 11 heteroatoms. The van der Waals surface area contributed by atoms with Crippen LogP contribution in [0.1, 0.15) is 74.5 Å². The summed E-state index contributed by atoms with van der Waals surface area (Å²) in [6.45, 7) is 5.41. The van der Waals surface area contributed by atoms with Crippen molar-refractivity contribution in [2.24, 2.45) is 7.05 Å². The summed E-state index contributed by atoms with van der Waals surface area (Å²) in [4.78, 5) is 31.2. The van der Waals surface area contributed by atoms with Gasteiger partial charge < -0.3 is 9.42 Å². The molecule has 40 heavy (non-hydrogen) atoms. The highest BCUT2D eigenvalue weighted by Crippen LogP contribution is 2.41. The molecule has 0 radical (unpaired) electrons. The van der Waals surface area contributed by atoms with Gasteiger partial charge in [-0.1, -0.05) is 31.1 Å². The van der Waals surface area contributed by atoms with Gasteiger partial charge in [-0.15, -0.1) is 0 Å². The average Bonchev–Trinajstić information content (AvgIpc) is 3.72. The molecule has 1 saturated heterocycles. The minimum atomic E-state index is -0.373. The van der Waals surface area contributed by atoms with Crippen LogP contribution in [0.3, 0.4) is 0 Å². The van der Waals surface area contributed by atoms with Crippen molar-refractivity contribution in [1.82, 2.24) is 29.6 Å². The van der Waals surface area contributed by atoms with E-state index in [9.17, 15) is 14.4 Å². The van der Waals surface area contributed by atoms with Gasteiger partial charge >= 0.3 is 5.69 Å². The topological polar surface area (TPSA) is 117 Å². The van der Waals surface area contributed by atoms with E-state index in [1.807, 2.05) is 0 Å². The predicted molar refractivity (Wildman–Crippen MR) is 146 cm³/mol. The van der Waals surface area contributed by atoms with Crippen molar-refractivity contribution in [2.45, 2.75) is 63.6 Å². The Morgan fingerprint density at radius 1 is 1.05 bits per heavy atom. The summed E-state index contributed by atoms with van der Waals surface area (Å²) in [6, 6.07) is 11.6. The molecule has 1 aliphatic heterocycles. The molecule has 0 N–H and O–H groups in total. The molecular weight excluding hydrogens is 511 g/mol. The van der Waals surface area contributed by atoms with Gasteiger partial charge in [0.2, 0.25) is 5.89 Å². The molecule has 206 valence electrons. The van der Waals surface area contributed by atoms with Crippen molar-refractivity contribution in [2.75, 3.05) is 18.0 Å². The molecule has 3 aromatic heterocycles. The van der Waals surface area contributed by atoms with Crippen LogP contribution >= 0.6 is 0 Å². The summed E-state index contributed by atoms with van der Waals surface area (Å²) in [6.07, 6.45) is 3.70. The third kappa shape index (κ3) is 4.62. The second-order valence-electron chi connectivity index (χ2n) is 10.6. The quantitative estimate of drug-likeness (QED) is 0.341. The highest BCUT2D eigenvalue weighted by atomic mass is 19.1. The second kappa shape index (κ2) is 10.4. The summed E-state index contributed by atoms with van der Waals surface area (Å²) in [5.74, 6) is 1.78.